The summed E-state index contributed by atoms with van der Waals surface area (Å²) in [4.78, 5) is 18.0. The number of pyridine rings is 1. The molecule has 0 spiro atoms. The van der Waals surface area contributed by atoms with E-state index in [-0.39, 0.29) is 11.9 Å². The first-order valence-corrected chi connectivity index (χ1v) is 10.3. The van der Waals surface area contributed by atoms with Gasteiger partial charge in [-0.1, -0.05) is 11.6 Å². The zero-order chi connectivity index (χ0) is 20.0. The summed E-state index contributed by atoms with van der Waals surface area (Å²) in [7, 11) is 0. The largest absolute Gasteiger partial charge is 0.378 e. The number of aromatic amines is 1. The Morgan fingerprint density at radius 1 is 1.28 bits per heavy atom. The van der Waals surface area contributed by atoms with Crippen molar-refractivity contribution in [1.29, 1.82) is 0 Å². The number of likely N-dealkylation sites (tertiary alicyclic amines) is 1. The number of halogens is 2. The monoisotopic (exact) mass is 416 g/mol. The summed E-state index contributed by atoms with van der Waals surface area (Å²) >= 11 is 6.07. The normalized spacial score (nSPS) is 21.4. The van der Waals surface area contributed by atoms with Crippen LogP contribution in [-0.4, -0.2) is 55.3 Å². The highest BCUT2D eigenvalue weighted by Gasteiger charge is 2.36. The number of hydrogen-bond donors (Lipinski definition) is 3. The van der Waals surface area contributed by atoms with Gasteiger partial charge in [0.15, 0.2) is 17.5 Å². The van der Waals surface area contributed by atoms with Crippen molar-refractivity contribution in [3.05, 3.63) is 35.5 Å². The van der Waals surface area contributed by atoms with Crippen molar-refractivity contribution in [2.24, 2.45) is 5.92 Å². The molecule has 5 rings (SSSR count). The number of aliphatic hydroxyl groups is 1. The molecule has 3 aromatic heterocycles. The van der Waals surface area contributed by atoms with Gasteiger partial charge in [-0.3, -0.25) is 4.90 Å². The highest BCUT2D eigenvalue weighted by atomic mass is 35.5. The van der Waals surface area contributed by atoms with Crippen molar-refractivity contribution in [2.75, 3.05) is 18.4 Å². The van der Waals surface area contributed by atoms with Crippen molar-refractivity contribution in [3.63, 3.8) is 0 Å². The second-order valence-corrected chi connectivity index (χ2v) is 8.31. The van der Waals surface area contributed by atoms with Crippen LogP contribution in [0.15, 0.2) is 24.7 Å². The lowest BCUT2D eigenvalue weighted by Gasteiger charge is -2.36. The fraction of sp³-hybridized carbons (Fsp3) is 0.450. The van der Waals surface area contributed by atoms with Crippen LogP contribution in [0, 0.1) is 11.7 Å². The molecular weight excluding hydrogens is 395 g/mol. The maximum absolute atomic E-state index is 14.4. The average Bonchev–Trinajstić information content (AvgIpc) is 3.49. The molecule has 2 atom stereocenters. The van der Waals surface area contributed by atoms with E-state index in [9.17, 15) is 9.50 Å². The molecule has 7 nitrogen and oxygen atoms in total. The Morgan fingerprint density at radius 2 is 2.14 bits per heavy atom. The number of nitrogens with zero attached hydrogens (tertiary/aromatic N) is 4. The Labute approximate surface area is 172 Å². The summed E-state index contributed by atoms with van der Waals surface area (Å²) in [6.45, 7) is 1.54. The van der Waals surface area contributed by atoms with Gasteiger partial charge in [-0.15, -0.1) is 0 Å². The lowest BCUT2D eigenvalue weighted by atomic mass is 10.0. The molecule has 0 amide bonds. The Hall–Kier alpha value is -2.29. The Kier molecular flexibility index (Phi) is 4.85. The third-order valence-corrected chi connectivity index (χ3v) is 5.90. The average molecular weight is 417 g/mol. The van der Waals surface area contributed by atoms with Gasteiger partial charge in [0.1, 0.15) is 11.9 Å². The van der Waals surface area contributed by atoms with Gasteiger partial charge >= 0.3 is 0 Å². The Balaban J connectivity index is 1.38. The van der Waals surface area contributed by atoms with E-state index in [1.807, 2.05) is 0 Å². The van der Waals surface area contributed by atoms with Gasteiger partial charge in [0.2, 0.25) is 0 Å². The summed E-state index contributed by atoms with van der Waals surface area (Å²) in [5, 5.41) is 14.9. The van der Waals surface area contributed by atoms with Gasteiger partial charge in [-0.2, -0.15) is 0 Å². The maximum Gasteiger partial charge on any atom is 0.183 e. The van der Waals surface area contributed by atoms with Gasteiger partial charge in [0.25, 0.3) is 0 Å². The lowest BCUT2D eigenvalue weighted by Crippen LogP contribution is -2.48. The SMILES string of the molecule is OC(C1CC1)N1CCC[C@H](Nc2nc(-c3c[nH]c4ncc(Cl)cc34)ncc2F)C1. The van der Waals surface area contributed by atoms with E-state index in [0.717, 1.165) is 37.6 Å². The number of nitrogens with one attached hydrogen (secondary N) is 2. The number of hydrogen-bond acceptors (Lipinski definition) is 6. The van der Waals surface area contributed by atoms with Gasteiger partial charge in [-0.05, 0) is 37.7 Å². The van der Waals surface area contributed by atoms with E-state index in [4.69, 9.17) is 11.6 Å². The van der Waals surface area contributed by atoms with Crippen molar-refractivity contribution < 1.29 is 9.50 Å². The summed E-state index contributed by atoms with van der Waals surface area (Å²) in [6.07, 6.45) is 8.13. The van der Waals surface area contributed by atoms with E-state index in [1.165, 1.54) is 6.20 Å². The van der Waals surface area contributed by atoms with Gasteiger partial charge in [-0.25, -0.2) is 19.3 Å². The second kappa shape index (κ2) is 7.51. The van der Waals surface area contributed by atoms with E-state index >= 15 is 0 Å². The first-order valence-electron chi connectivity index (χ1n) is 9.92. The topological polar surface area (TPSA) is 90.0 Å². The Bertz CT molecular complexity index is 1040. The number of aromatic nitrogens is 4. The number of aliphatic hydroxyl groups excluding tert-OH is 1. The van der Waals surface area contributed by atoms with Crippen LogP contribution in [0.2, 0.25) is 5.02 Å². The molecule has 1 saturated carbocycles. The third kappa shape index (κ3) is 3.80. The van der Waals surface area contributed by atoms with Gasteiger partial charge in [0, 0.05) is 42.5 Å². The van der Waals surface area contributed by atoms with Crippen LogP contribution >= 0.6 is 11.6 Å². The molecule has 2 fully saturated rings. The van der Waals surface area contributed by atoms with Crippen molar-refractivity contribution in [3.8, 4) is 11.4 Å². The van der Waals surface area contributed by atoms with Crippen LogP contribution in [0.3, 0.4) is 0 Å². The highest BCUT2D eigenvalue weighted by Crippen LogP contribution is 2.35. The third-order valence-electron chi connectivity index (χ3n) is 5.69. The van der Waals surface area contributed by atoms with Crippen LogP contribution in [-0.2, 0) is 0 Å². The smallest absolute Gasteiger partial charge is 0.183 e. The number of piperidine rings is 1. The van der Waals surface area contributed by atoms with Crippen molar-refractivity contribution in [2.45, 2.75) is 38.0 Å². The number of fused-ring (bicyclic) bond motifs is 1. The molecule has 1 aliphatic carbocycles. The number of rotatable bonds is 5. The highest BCUT2D eigenvalue weighted by molar-refractivity contribution is 6.31. The van der Waals surface area contributed by atoms with Crippen LogP contribution in [0.4, 0.5) is 10.2 Å². The minimum absolute atomic E-state index is 0.0217. The van der Waals surface area contributed by atoms with Crippen LogP contribution < -0.4 is 5.32 Å². The predicted molar refractivity (Wildman–Crippen MR) is 109 cm³/mol. The van der Waals surface area contributed by atoms with Crippen LogP contribution in [0.25, 0.3) is 22.4 Å². The van der Waals surface area contributed by atoms with E-state index in [1.54, 1.807) is 18.5 Å². The first-order chi connectivity index (χ1) is 14.1. The summed E-state index contributed by atoms with van der Waals surface area (Å²) in [6, 6.07) is 1.81. The van der Waals surface area contributed by atoms with Crippen molar-refractivity contribution >= 4 is 28.5 Å². The molecule has 1 saturated heterocycles. The standard InChI is InChI=1S/C20H22ClFN6O/c21-12-6-14-15(8-24-17(14)23-7-12)18-25-9-16(22)19(27-18)26-13-2-1-5-28(10-13)20(29)11-3-4-11/h6-9,11,13,20,29H,1-5,10H2,(H,23,24)(H,25,26,27)/t13-,20?/m0/s1. The van der Waals surface area contributed by atoms with Crippen LogP contribution in [0.1, 0.15) is 25.7 Å². The molecule has 0 aromatic carbocycles. The predicted octanol–water partition coefficient (Wildman–Crippen LogP) is 3.42. The molecule has 1 unspecified atom stereocenters. The quantitative estimate of drug-likeness (QED) is 0.590. The number of anilines is 1. The molecule has 1 aliphatic heterocycles. The lowest BCUT2D eigenvalue weighted by molar-refractivity contribution is -0.0258. The molecule has 0 bridgehead atoms. The maximum atomic E-state index is 14.4. The van der Waals surface area contributed by atoms with E-state index in [2.05, 4.69) is 30.2 Å². The molecule has 152 valence electrons. The minimum Gasteiger partial charge on any atom is -0.378 e. The van der Waals surface area contributed by atoms with Crippen molar-refractivity contribution in [1.82, 2.24) is 24.8 Å². The fourth-order valence-corrected chi connectivity index (χ4v) is 4.17. The van der Waals surface area contributed by atoms with Gasteiger partial charge in [0.05, 0.1) is 11.2 Å². The molecule has 3 N–H and O–H groups in total. The molecule has 9 heteroatoms. The van der Waals surface area contributed by atoms with E-state index in [0.29, 0.717) is 34.5 Å². The minimum atomic E-state index is -0.496. The second-order valence-electron chi connectivity index (χ2n) is 7.87. The molecule has 3 aromatic rings. The van der Waals surface area contributed by atoms with E-state index < -0.39 is 12.0 Å². The Morgan fingerprint density at radius 3 is 2.97 bits per heavy atom. The fourth-order valence-electron chi connectivity index (χ4n) is 4.01. The summed E-state index contributed by atoms with van der Waals surface area (Å²) in [5.41, 5.74) is 1.39. The zero-order valence-electron chi connectivity index (χ0n) is 15.8. The van der Waals surface area contributed by atoms with Crippen LogP contribution in [0.5, 0.6) is 0 Å². The summed E-state index contributed by atoms with van der Waals surface area (Å²) in [5.74, 6) is 0.463. The number of H-pyrrole nitrogens is 1. The first kappa shape index (κ1) is 18.7. The summed E-state index contributed by atoms with van der Waals surface area (Å²) < 4.78 is 14.4. The molecular formula is C20H22ClFN6O. The zero-order valence-corrected chi connectivity index (χ0v) is 16.5. The molecule has 0 radical (unpaired) electrons. The molecule has 29 heavy (non-hydrogen) atoms. The van der Waals surface area contributed by atoms with Gasteiger partial charge < -0.3 is 15.4 Å². The molecule has 4 heterocycles. The molecule has 2 aliphatic rings.